The number of carbonyl (C=O) groups is 4. The molecule has 168 valence electrons. The van der Waals surface area contributed by atoms with Crippen molar-refractivity contribution < 1.29 is 23.9 Å². The Morgan fingerprint density at radius 3 is 2.19 bits per heavy atom. The molecule has 0 bridgehead atoms. The van der Waals surface area contributed by atoms with Crippen LogP contribution >= 0.6 is 11.6 Å². The summed E-state index contributed by atoms with van der Waals surface area (Å²) in [6.45, 7) is -0.0223. The van der Waals surface area contributed by atoms with E-state index in [-0.39, 0.29) is 43.7 Å². The third kappa shape index (κ3) is 6.21. The van der Waals surface area contributed by atoms with Crippen LogP contribution in [0, 0.1) is 0 Å². The number of nitrogens with zero attached hydrogens (tertiary/aromatic N) is 1. The third-order valence-corrected chi connectivity index (χ3v) is 5.10. The smallest absolute Gasteiger partial charge is 0.324 e. The third-order valence-electron chi connectivity index (χ3n) is 4.81. The van der Waals surface area contributed by atoms with Crippen LogP contribution in [-0.4, -0.2) is 48.9 Å². The Kier molecular flexibility index (Phi) is 7.67. The molecular weight excluding hydrogens is 436 g/mol. The zero-order valence-corrected chi connectivity index (χ0v) is 18.2. The van der Waals surface area contributed by atoms with E-state index >= 15 is 0 Å². The van der Waals surface area contributed by atoms with Gasteiger partial charge >= 0.3 is 6.03 Å². The lowest BCUT2D eigenvalue weighted by molar-refractivity contribution is -0.125. The van der Waals surface area contributed by atoms with Crippen LogP contribution in [0.25, 0.3) is 0 Å². The molecule has 3 rings (SSSR count). The number of amides is 5. The highest BCUT2D eigenvalue weighted by molar-refractivity contribution is 6.32. The monoisotopic (exact) mass is 458 g/mol. The molecule has 1 fully saturated rings. The summed E-state index contributed by atoms with van der Waals surface area (Å²) in [6.07, 6.45) is 0.804. The molecule has 0 radical (unpaired) electrons. The van der Waals surface area contributed by atoms with E-state index in [2.05, 4.69) is 16.0 Å². The summed E-state index contributed by atoms with van der Waals surface area (Å²) in [5.41, 5.74) is 2.07. The minimum atomic E-state index is -0.488. The number of halogens is 1. The molecule has 2 aromatic carbocycles. The van der Waals surface area contributed by atoms with Gasteiger partial charge in [-0.1, -0.05) is 17.7 Å². The summed E-state index contributed by atoms with van der Waals surface area (Å²) in [7, 11) is 1.54. The molecule has 5 amide bonds. The zero-order chi connectivity index (χ0) is 23.1. The lowest BCUT2D eigenvalue weighted by Crippen LogP contribution is -2.33. The summed E-state index contributed by atoms with van der Waals surface area (Å²) in [6, 6.07) is 11.6. The van der Waals surface area contributed by atoms with Gasteiger partial charge in [-0.2, -0.15) is 0 Å². The van der Waals surface area contributed by atoms with Crippen LogP contribution in [0.2, 0.25) is 5.02 Å². The Balaban J connectivity index is 1.43. The van der Waals surface area contributed by atoms with Crippen LogP contribution in [0.5, 0.6) is 5.75 Å². The van der Waals surface area contributed by atoms with Crippen LogP contribution in [0.15, 0.2) is 42.5 Å². The van der Waals surface area contributed by atoms with Crippen molar-refractivity contribution in [1.82, 2.24) is 10.2 Å². The Morgan fingerprint density at radius 1 is 1.03 bits per heavy atom. The minimum absolute atomic E-state index is 0.00692. The Labute approximate surface area is 190 Å². The van der Waals surface area contributed by atoms with Crippen molar-refractivity contribution in [2.24, 2.45) is 0 Å². The number of nitrogens with one attached hydrogen (secondary N) is 3. The van der Waals surface area contributed by atoms with E-state index in [1.807, 2.05) is 6.07 Å². The molecule has 10 heteroatoms. The molecule has 9 nitrogen and oxygen atoms in total. The van der Waals surface area contributed by atoms with Crippen molar-refractivity contribution in [1.29, 1.82) is 0 Å². The largest absolute Gasteiger partial charge is 0.495 e. The van der Waals surface area contributed by atoms with E-state index in [1.165, 1.54) is 0 Å². The summed E-state index contributed by atoms with van der Waals surface area (Å²) in [5, 5.41) is 8.40. The number of benzene rings is 2. The highest BCUT2D eigenvalue weighted by Gasteiger charge is 2.28. The number of methoxy groups -OCH3 is 1. The summed E-state index contributed by atoms with van der Waals surface area (Å²) in [4.78, 5) is 48.3. The van der Waals surface area contributed by atoms with Crippen LogP contribution in [0.1, 0.15) is 18.4 Å². The quantitative estimate of drug-likeness (QED) is 0.499. The number of aryl methyl sites for hydroxylation is 1. The van der Waals surface area contributed by atoms with Gasteiger partial charge in [-0.3, -0.25) is 19.3 Å². The SMILES string of the molecule is COc1ccc(CCC(=O)Nc2ccc(NC(=O)CCN3C(=O)CNC3=O)cc2)cc1Cl. The maximum atomic E-state index is 12.2. The number of rotatable bonds is 9. The van der Waals surface area contributed by atoms with Crippen molar-refractivity contribution in [3.63, 3.8) is 0 Å². The fraction of sp³-hybridized carbons (Fsp3) is 0.273. The predicted octanol–water partition coefficient (Wildman–Crippen LogP) is 2.80. The van der Waals surface area contributed by atoms with Gasteiger partial charge in [0.15, 0.2) is 0 Å². The van der Waals surface area contributed by atoms with Gasteiger partial charge in [-0.25, -0.2) is 4.79 Å². The lowest BCUT2D eigenvalue weighted by Gasteiger charge is -2.12. The van der Waals surface area contributed by atoms with Crippen LogP contribution < -0.4 is 20.7 Å². The first-order valence-electron chi connectivity index (χ1n) is 9.96. The normalized spacial score (nSPS) is 13.0. The maximum absolute atomic E-state index is 12.2. The Bertz CT molecular complexity index is 1010. The second kappa shape index (κ2) is 10.6. The number of urea groups is 1. The summed E-state index contributed by atoms with van der Waals surface area (Å²) < 4.78 is 5.11. The van der Waals surface area contributed by atoms with Gasteiger partial charge in [-0.05, 0) is 48.4 Å². The molecule has 0 aliphatic carbocycles. The molecule has 32 heavy (non-hydrogen) atoms. The van der Waals surface area contributed by atoms with Crippen LogP contribution in [0.4, 0.5) is 16.2 Å². The fourth-order valence-corrected chi connectivity index (χ4v) is 3.38. The first-order chi connectivity index (χ1) is 15.4. The van der Waals surface area contributed by atoms with Gasteiger partial charge in [0, 0.05) is 30.8 Å². The first kappa shape index (κ1) is 23.1. The number of hydrogen-bond donors (Lipinski definition) is 3. The highest BCUT2D eigenvalue weighted by Crippen LogP contribution is 2.25. The molecule has 1 saturated heterocycles. The topological polar surface area (TPSA) is 117 Å². The number of anilines is 2. The van der Waals surface area contributed by atoms with Gasteiger partial charge in [0.25, 0.3) is 0 Å². The first-order valence-corrected chi connectivity index (χ1v) is 10.3. The van der Waals surface area contributed by atoms with Crippen molar-refractivity contribution in [2.45, 2.75) is 19.3 Å². The number of ether oxygens (including phenoxy) is 1. The van der Waals surface area contributed by atoms with Gasteiger partial charge in [0.2, 0.25) is 17.7 Å². The molecule has 3 N–H and O–H groups in total. The standard InChI is InChI=1S/C22H23ClN4O5/c1-32-18-8-2-14(12-17(18)23)3-9-19(28)25-15-4-6-16(7-5-15)26-20(29)10-11-27-21(30)13-24-22(27)31/h2,4-8,12H,3,9-11,13H2,1H3,(H,24,31)(H,25,28)(H,26,29). The van der Waals surface area contributed by atoms with E-state index in [4.69, 9.17) is 16.3 Å². The average Bonchev–Trinajstić information content (AvgIpc) is 3.09. The second-order valence-corrected chi connectivity index (χ2v) is 7.50. The molecule has 0 saturated carbocycles. The Hall–Kier alpha value is -3.59. The predicted molar refractivity (Wildman–Crippen MR) is 120 cm³/mol. The molecule has 0 atom stereocenters. The van der Waals surface area contributed by atoms with Crippen LogP contribution in [-0.2, 0) is 20.8 Å². The molecule has 1 aliphatic rings. The number of hydrogen-bond acceptors (Lipinski definition) is 5. The zero-order valence-electron chi connectivity index (χ0n) is 17.4. The molecule has 0 unspecified atom stereocenters. The minimum Gasteiger partial charge on any atom is -0.495 e. The molecule has 0 spiro atoms. The molecular formula is C22H23ClN4O5. The van der Waals surface area contributed by atoms with Crippen molar-refractivity contribution in [3.8, 4) is 5.75 Å². The van der Waals surface area contributed by atoms with E-state index in [9.17, 15) is 19.2 Å². The van der Waals surface area contributed by atoms with Crippen LogP contribution in [0.3, 0.4) is 0 Å². The van der Waals surface area contributed by atoms with Gasteiger partial charge in [0.05, 0.1) is 18.7 Å². The molecule has 0 aromatic heterocycles. The Morgan fingerprint density at radius 2 is 1.66 bits per heavy atom. The van der Waals surface area contributed by atoms with Gasteiger partial charge < -0.3 is 20.7 Å². The summed E-state index contributed by atoms with van der Waals surface area (Å²) in [5.74, 6) is -0.241. The average molecular weight is 459 g/mol. The van der Waals surface area contributed by atoms with E-state index in [0.29, 0.717) is 28.6 Å². The number of carbonyl (C=O) groups excluding carboxylic acids is 4. The lowest BCUT2D eigenvalue weighted by atomic mass is 10.1. The molecule has 1 aliphatic heterocycles. The number of imide groups is 1. The fourth-order valence-electron chi connectivity index (χ4n) is 3.10. The van der Waals surface area contributed by atoms with E-state index < -0.39 is 6.03 Å². The highest BCUT2D eigenvalue weighted by atomic mass is 35.5. The van der Waals surface area contributed by atoms with Crippen molar-refractivity contribution >= 4 is 46.7 Å². The van der Waals surface area contributed by atoms with E-state index in [0.717, 1.165) is 10.5 Å². The van der Waals surface area contributed by atoms with E-state index in [1.54, 1.807) is 43.5 Å². The maximum Gasteiger partial charge on any atom is 0.324 e. The second-order valence-electron chi connectivity index (χ2n) is 7.10. The van der Waals surface area contributed by atoms with Gasteiger partial charge in [0.1, 0.15) is 5.75 Å². The molecule has 2 aromatic rings. The van der Waals surface area contributed by atoms with Crippen molar-refractivity contribution in [3.05, 3.63) is 53.1 Å². The molecule has 1 heterocycles. The van der Waals surface area contributed by atoms with Gasteiger partial charge in [-0.15, -0.1) is 0 Å². The van der Waals surface area contributed by atoms with Crippen molar-refractivity contribution in [2.75, 3.05) is 30.8 Å². The summed E-state index contributed by atoms with van der Waals surface area (Å²) >= 11 is 6.10.